The SMILES string of the molecule is CCC(C)(C)N(C(=O)COc1ccccc1)C1CC(=O)N(c2ccc(Cl)cc2)C1=O. The van der Waals surface area contributed by atoms with Crippen LogP contribution in [0.25, 0.3) is 0 Å². The van der Waals surface area contributed by atoms with Gasteiger partial charge in [0.05, 0.1) is 12.1 Å². The molecular formula is C23H25ClN2O4. The molecule has 7 heteroatoms. The summed E-state index contributed by atoms with van der Waals surface area (Å²) in [6.07, 6.45) is 0.547. The standard InChI is InChI=1S/C23H25ClN2O4/c1-4-23(2,3)26(21(28)15-30-18-8-6-5-7-9-18)19-14-20(27)25(22(19)29)17-12-10-16(24)11-13-17/h5-13,19H,4,14-15H2,1-3H3. The number of para-hydroxylation sites is 1. The first-order valence-electron chi connectivity index (χ1n) is 9.87. The van der Waals surface area contributed by atoms with Crippen LogP contribution in [0, 0.1) is 0 Å². The van der Waals surface area contributed by atoms with Gasteiger partial charge in [-0.1, -0.05) is 36.7 Å². The van der Waals surface area contributed by atoms with E-state index in [0.717, 1.165) is 4.90 Å². The molecule has 0 bridgehead atoms. The van der Waals surface area contributed by atoms with Crippen molar-refractivity contribution in [3.8, 4) is 5.75 Å². The van der Waals surface area contributed by atoms with E-state index in [9.17, 15) is 14.4 Å². The van der Waals surface area contributed by atoms with E-state index in [4.69, 9.17) is 16.3 Å². The van der Waals surface area contributed by atoms with E-state index in [-0.39, 0.29) is 24.8 Å². The maximum Gasteiger partial charge on any atom is 0.261 e. The molecule has 0 radical (unpaired) electrons. The Labute approximate surface area is 181 Å². The maximum atomic E-state index is 13.2. The fraction of sp³-hybridized carbons (Fsp3) is 0.348. The monoisotopic (exact) mass is 428 g/mol. The van der Waals surface area contributed by atoms with Crippen LogP contribution in [0.2, 0.25) is 5.02 Å². The van der Waals surface area contributed by atoms with Gasteiger partial charge in [-0.3, -0.25) is 14.4 Å². The second-order valence-electron chi connectivity index (χ2n) is 7.80. The topological polar surface area (TPSA) is 66.9 Å². The van der Waals surface area contributed by atoms with Crippen molar-refractivity contribution in [2.45, 2.75) is 45.2 Å². The van der Waals surface area contributed by atoms with Crippen molar-refractivity contribution in [3.05, 3.63) is 59.6 Å². The van der Waals surface area contributed by atoms with Crippen molar-refractivity contribution in [1.29, 1.82) is 0 Å². The molecule has 158 valence electrons. The Balaban J connectivity index is 1.85. The zero-order chi connectivity index (χ0) is 21.9. The molecule has 30 heavy (non-hydrogen) atoms. The molecule has 1 aliphatic heterocycles. The number of rotatable bonds is 7. The van der Waals surface area contributed by atoms with Gasteiger partial charge in [-0.2, -0.15) is 0 Å². The molecule has 1 heterocycles. The van der Waals surface area contributed by atoms with E-state index in [0.29, 0.717) is 22.9 Å². The molecule has 0 spiro atoms. The second kappa shape index (κ2) is 8.88. The third-order valence-electron chi connectivity index (χ3n) is 5.41. The lowest BCUT2D eigenvalue weighted by molar-refractivity contribution is -0.146. The Morgan fingerprint density at radius 2 is 1.77 bits per heavy atom. The zero-order valence-corrected chi connectivity index (χ0v) is 18.1. The van der Waals surface area contributed by atoms with Crippen molar-refractivity contribution in [3.63, 3.8) is 0 Å². The first-order valence-corrected chi connectivity index (χ1v) is 10.2. The van der Waals surface area contributed by atoms with Gasteiger partial charge in [0.2, 0.25) is 5.91 Å². The molecule has 3 rings (SSSR count). The Bertz CT molecular complexity index is 928. The minimum absolute atomic E-state index is 0.0675. The minimum Gasteiger partial charge on any atom is -0.484 e. The summed E-state index contributed by atoms with van der Waals surface area (Å²) in [7, 11) is 0. The average molecular weight is 429 g/mol. The summed E-state index contributed by atoms with van der Waals surface area (Å²) in [6, 6.07) is 14.6. The average Bonchev–Trinajstić information content (AvgIpc) is 3.01. The lowest BCUT2D eigenvalue weighted by Gasteiger charge is -2.41. The first-order chi connectivity index (χ1) is 14.2. The third kappa shape index (κ3) is 4.49. The van der Waals surface area contributed by atoms with Crippen LogP contribution in [-0.2, 0) is 14.4 Å². The highest BCUT2D eigenvalue weighted by Crippen LogP contribution is 2.31. The zero-order valence-electron chi connectivity index (χ0n) is 17.3. The number of imide groups is 1. The van der Waals surface area contributed by atoms with Gasteiger partial charge < -0.3 is 9.64 Å². The predicted molar refractivity (Wildman–Crippen MR) is 116 cm³/mol. The number of carbonyl (C=O) groups is 3. The van der Waals surface area contributed by atoms with E-state index in [1.165, 1.54) is 4.90 Å². The van der Waals surface area contributed by atoms with Gasteiger partial charge in [0, 0.05) is 10.6 Å². The normalized spacial score (nSPS) is 16.7. The van der Waals surface area contributed by atoms with E-state index in [1.807, 2.05) is 39.0 Å². The predicted octanol–water partition coefficient (Wildman–Crippen LogP) is 4.07. The van der Waals surface area contributed by atoms with E-state index in [2.05, 4.69) is 0 Å². The fourth-order valence-corrected chi connectivity index (χ4v) is 3.64. The van der Waals surface area contributed by atoms with Crippen LogP contribution in [0.3, 0.4) is 0 Å². The van der Waals surface area contributed by atoms with Crippen LogP contribution >= 0.6 is 11.6 Å². The third-order valence-corrected chi connectivity index (χ3v) is 5.66. The van der Waals surface area contributed by atoms with Gasteiger partial charge in [-0.25, -0.2) is 4.90 Å². The molecule has 0 aromatic heterocycles. The number of hydrogen-bond donors (Lipinski definition) is 0. The molecule has 1 saturated heterocycles. The largest absolute Gasteiger partial charge is 0.484 e. The maximum absolute atomic E-state index is 13.2. The van der Waals surface area contributed by atoms with Crippen molar-refractivity contribution in [2.75, 3.05) is 11.5 Å². The number of hydrogen-bond acceptors (Lipinski definition) is 4. The number of benzene rings is 2. The Hall–Kier alpha value is -2.86. The molecule has 3 amide bonds. The van der Waals surface area contributed by atoms with E-state index in [1.54, 1.807) is 36.4 Å². The molecule has 1 fully saturated rings. The van der Waals surface area contributed by atoms with Gasteiger partial charge in [0.1, 0.15) is 11.8 Å². The van der Waals surface area contributed by atoms with Gasteiger partial charge >= 0.3 is 0 Å². The second-order valence-corrected chi connectivity index (χ2v) is 8.23. The molecule has 2 aromatic rings. The molecule has 0 N–H and O–H groups in total. The van der Waals surface area contributed by atoms with Crippen molar-refractivity contribution in [2.24, 2.45) is 0 Å². The van der Waals surface area contributed by atoms with Gasteiger partial charge in [0.25, 0.3) is 11.8 Å². The number of halogens is 1. The number of carbonyl (C=O) groups excluding carboxylic acids is 3. The number of nitrogens with zero attached hydrogens (tertiary/aromatic N) is 2. The highest BCUT2D eigenvalue weighted by molar-refractivity contribution is 6.30. The molecule has 1 unspecified atom stereocenters. The minimum atomic E-state index is -0.880. The van der Waals surface area contributed by atoms with Crippen LogP contribution in [0.5, 0.6) is 5.75 Å². The molecule has 0 saturated carbocycles. The Morgan fingerprint density at radius 1 is 1.13 bits per heavy atom. The highest BCUT2D eigenvalue weighted by Gasteiger charge is 2.48. The van der Waals surface area contributed by atoms with Gasteiger partial charge in [-0.05, 0) is 56.7 Å². The molecule has 6 nitrogen and oxygen atoms in total. The summed E-state index contributed by atoms with van der Waals surface area (Å²) in [6.45, 7) is 5.50. The summed E-state index contributed by atoms with van der Waals surface area (Å²) in [5.41, 5.74) is -0.188. The van der Waals surface area contributed by atoms with Gasteiger partial charge in [-0.15, -0.1) is 0 Å². The summed E-state index contributed by atoms with van der Waals surface area (Å²) in [5.74, 6) is -0.538. The quantitative estimate of drug-likeness (QED) is 0.623. The lowest BCUT2D eigenvalue weighted by Crippen LogP contribution is -2.56. The molecular weight excluding hydrogens is 404 g/mol. The summed E-state index contributed by atoms with van der Waals surface area (Å²) in [5, 5.41) is 0.511. The molecule has 1 aliphatic rings. The smallest absolute Gasteiger partial charge is 0.261 e. The Morgan fingerprint density at radius 3 is 2.37 bits per heavy atom. The van der Waals surface area contributed by atoms with E-state index >= 15 is 0 Å². The van der Waals surface area contributed by atoms with Crippen LogP contribution in [0.4, 0.5) is 5.69 Å². The van der Waals surface area contributed by atoms with Crippen molar-refractivity contribution in [1.82, 2.24) is 4.90 Å². The highest BCUT2D eigenvalue weighted by atomic mass is 35.5. The van der Waals surface area contributed by atoms with Crippen LogP contribution in [-0.4, -0.2) is 40.8 Å². The summed E-state index contributed by atoms with van der Waals surface area (Å²) >= 11 is 5.92. The molecule has 1 atom stereocenters. The number of ether oxygens (including phenoxy) is 1. The van der Waals surface area contributed by atoms with Crippen LogP contribution in [0.1, 0.15) is 33.6 Å². The Kier molecular flexibility index (Phi) is 6.46. The first kappa shape index (κ1) is 21.8. The van der Waals surface area contributed by atoms with Gasteiger partial charge in [0.15, 0.2) is 6.61 Å². The molecule has 0 aliphatic carbocycles. The van der Waals surface area contributed by atoms with Crippen LogP contribution in [0.15, 0.2) is 54.6 Å². The fourth-order valence-electron chi connectivity index (χ4n) is 3.51. The van der Waals surface area contributed by atoms with Crippen molar-refractivity contribution < 1.29 is 19.1 Å². The van der Waals surface area contributed by atoms with Crippen molar-refractivity contribution >= 4 is 35.0 Å². The number of anilines is 1. The summed E-state index contributed by atoms with van der Waals surface area (Å²) < 4.78 is 5.62. The number of amides is 3. The molecule has 2 aromatic carbocycles. The lowest BCUT2D eigenvalue weighted by atomic mass is 9.96. The summed E-state index contributed by atoms with van der Waals surface area (Å²) in [4.78, 5) is 41.7. The van der Waals surface area contributed by atoms with E-state index < -0.39 is 17.5 Å². The van der Waals surface area contributed by atoms with Crippen LogP contribution < -0.4 is 9.64 Å².